The van der Waals surface area contributed by atoms with Crippen LogP contribution < -0.4 is 0 Å². The Morgan fingerprint density at radius 3 is 2.68 bits per heavy atom. The molecule has 0 saturated heterocycles. The van der Waals surface area contributed by atoms with Crippen molar-refractivity contribution in [3.8, 4) is 0 Å². The van der Waals surface area contributed by atoms with E-state index in [1.165, 1.54) is 54.7 Å². The van der Waals surface area contributed by atoms with Crippen LogP contribution >= 0.6 is 11.3 Å². The molecule has 19 heavy (non-hydrogen) atoms. The minimum atomic E-state index is -0.201. The molecular formula is C17H26OS. The molecule has 0 amide bonds. The summed E-state index contributed by atoms with van der Waals surface area (Å²) in [6, 6.07) is 4.34. The summed E-state index contributed by atoms with van der Waals surface area (Å²) in [6.45, 7) is 2.19. The average molecular weight is 278 g/mol. The average Bonchev–Trinajstić information content (AvgIpc) is 2.95. The van der Waals surface area contributed by atoms with Crippen molar-refractivity contribution in [3.05, 3.63) is 21.9 Å². The first-order valence-electron chi connectivity index (χ1n) is 8.04. The molecule has 3 rings (SSSR count). The number of hydrogen-bond acceptors (Lipinski definition) is 2. The Kier molecular flexibility index (Phi) is 4.28. The van der Waals surface area contributed by atoms with Gasteiger partial charge in [0.1, 0.15) is 0 Å². The van der Waals surface area contributed by atoms with Crippen molar-refractivity contribution >= 4 is 11.3 Å². The molecule has 0 radical (unpaired) electrons. The minimum absolute atomic E-state index is 0.201. The smallest absolute Gasteiger partial charge is 0.0910 e. The van der Waals surface area contributed by atoms with Crippen LogP contribution in [0.1, 0.15) is 67.7 Å². The van der Waals surface area contributed by atoms with E-state index in [1.54, 1.807) is 0 Å². The lowest BCUT2D eigenvalue weighted by molar-refractivity contribution is 0.0368. The number of aliphatic hydroxyl groups excluding tert-OH is 1. The summed E-state index contributed by atoms with van der Waals surface area (Å²) in [5, 5.41) is 10.7. The summed E-state index contributed by atoms with van der Waals surface area (Å²) < 4.78 is 0. The van der Waals surface area contributed by atoms with Gasteiger partial charge in [-0.05, 0) is 55.6 Å². The van der Waals surface area contributed by atoms with E-state index in [4.69, 9.17) is 0 Å². The van der Waals surface area contributed by atoms with E-state index in [0.717, 1.165) is 18.3 Å². The van der Waals surface area contributed by atoms with Crippen LogP contribution in [0.2, 0.25) is 0 Å². The predicted octanol–water partition coefficient (Wildman–Crippen LogP) is 4.95. The van der Waals surface area contributed by atoms with E-state index in [0.29, 0.717) is 5.92 Å². The molecule has 0 aromatic carbocycles. The van der Waals surface area contributed by atoms with Gasteiger partial charge in [0.25, 0.3) is 0 Å². The predicted molar refractivity (Wildman–Crippen MR) is 81.4 cm³/mol. The molecule has 2 aliphatic carbocycles. The summed E-state index contributed by atoms with van der Waals surface area (Å²) in [5.74, 6) is 2.40. The Bertz CT molecular complexity index is 411. The molecule has 2 heteroatoms. The normalized spacial score (nSPS) is 32.8. The third kappa shape index (κ3) is 2.90. The highest BCUT2D eigenvalue weighted by Gasteiger charge is 2.35. The molecule has 4 unspecified atom stereocenters. The minimum Gasteiger partial charge on any atom is -0.387 e. The van der Waals surface area contributed by atoms with E-state index in [-0.39, 0.29) is 6.10 Å². The fourth-order valence-corrected chi connectivity index (χ4v) is 5.20. The van der Waals surface area contributed by atoms with Crippen LogP contribution in [-0.4, -0.2) is 5.11 Å². The zero-order chi connectivity index (χ0) is 13.2. The van der Waals surface area contributed by atoms with Gasteiger partial charge in [0.2, 0.25) is 0 Å². The van der Waals surface area contributed by atoms with E-state index in [9.17, 15) is 5.11 Å². The van der Waals surface area contributed by atoms with Crippen molar-refractivity contribution in [2.24, 2.45) is 17.8 Å². The lowest BCUT2D eigenvalue weighted by Gasteiger charge is -2.40. The zero-order valence-corrected chi connectivity index (χ0v) is 12.8. The number of thiophene rings is 1. The number of rotatable bonds is 3. The molecule has 106 valence electrons. The number of fused-ring (bicyclic) bond motifs is 1. The van der Waals surface area contributed by atoms with Crippen LogP contribution in [0.15, 0.2) is 12.1 Å². The maximum Gasteiger partial charge on any atom is 0.0910 e. The molecule has 1 aromatic rings. The van der Waals surface area contributed by atoms with Crippen molar-refractivity contribution in [2.75, 3.05) is 0 Å². The second-order valence-electron chi connectivity index (χ2n) is 6.48. The molecule has 2 aliphatic rings. The van der Waals surface area contributed by atoms with Crippen LogP contribution in [0, 0.1) is 17.8 Å². The molecule has 4 atom stereocenters. The topological polar surface area (TPSA) is 20.2 Å². The fourth-order valence-electron chi connectivity index (χ4n) is 4.17. The monoisotopic (exact) mass is 278 g/mol. The van der Waals surface area contributed by atoms with Gasteiger partial charge in [-0.1, -0.05) is 32.6 Å². The van der Waals surface area contributed by atoms with Gasteiger partial charge in [-0.2, -0.15) is 0 Å². The second-order valence-corrected chi connectivity index (χ2v) is 7.68. The zero-order valence-electron chi connectivity index (χ0n) is 12.0. The summed E-state index contributed by atoms with van der Waals surface area (Å²) in [4.78, 5) is 2.61. The van der Waals surface area contributed by atoms with E-state index in [1.807, 2.05) is 11.3 Å². The quantitative estimate of drug-likeness (QED) is 0.829. The SMILES string of the molecule is CCc1ccc(C(O)C2CCC3CCCCC3C2)s1. The maximum atomic E-state index is 10.7. The number of hydrogen-bond donors (Lipinski definition) is 1. The van der Waals surface area contributed by atoms with E-state index >= 15 is 0 Å². The third-order valence-corrected chi connectivity index (χ3v) is 6.65. The lowest BCUT2D eigenvalue weighted by atomic mass is 9.66. The standard InChI is InChI=1S/C17H26OS/c1-2-15-9-10-16(19-15)17(18)14-8-7-12-5-3-4-6-13(12)11-14/h9-10,12-14,17-18H,2-8,11H2,1H3. The van der Waals surface area contributed by atoms with Crippen molar-refractivity contribution in [1.29, 1.82) is 0 Å². The molecule has 1 heterocycles. The lowest BCUT2D eigenvalue weighted by Crippen LogP contribution is -2.30. The summed E-state index contributed by atoms with van der Waals surface area (Å²) in [7, 11) is 0. The van der Waals surface area contributed by atoms with Gasteiger partial charge in [-0.3, -0.25) is 0 Å². The summed E-state index contributed by atoms with van der Waals surface area (Å²) in [5.41, 5.74) is 0. The van der Waals surface area contributed by atoms with Crippen LogP contribution in [-0.2, 0) is 6.42 Å². The van der Waals surface area contributed by atoms with Crippen molar-refractivity contribution < 1.29 is 5.11 Å². The third-order valence-electron chi connectivity index (χ3n) is 5.35. The van der Waals surface area contributed by atoms with Crippen molar-refractivity contribution in [3.63, 3.8) is 0 Å². The highest BCUT2D eigenvalue weighted by Crippen LogP contribution is 2.46. The van der Waals surface area contributed by atoms with Gasteiger partial charge in [0.15, 0.2) is 0 Å². The van der Waals surface area contributed by atoms with Crippen LogP contribution in [0.3, 0.4) is 0 Å². The number of aryl methyl sites for hydroxylation is 1. The molecular weight excluding hydrogens is 252 g/mol. The Labute approximate surface area is 121 Å². The highest BCUT2D eigenvalue weighted by atomic mass is 32.1. The molecule has 1 aromatic heterocycles. The van der Waals surface area contributed by atoms with Gasteiger partial charge >= 0.3 is 0 Å². The Hall–Kier alpha value is -0.340. The van der Waals surface area contributed by atoms with E-state index in [2.05, 4.69) is 19.1 Å². The Morgan fingerprint density at radius 1 is 1.16 bits per heavy atom. The fraction of sp³-hybridized carbons (Fsp3) is 0.765. The molecule has 2 fully saturated rings. The van der Waals surface area contributed by atoms with Crippen LogP contribution in [0.4, 0.5) is 0 Å². The van der Waals surface area contributed by atoms with E-state index < -0.39 is 0 Å². The first-order chi connectivity index (χ1) is 9.28. The largest absolute Gasteiger partial charge is 0.387 e. The summed E-state index contributed by atoms with van der Waals surface area (Å²) in [6.07, 6.45) is 10.5. The maximum absolute atomic E-state index is 10.7. The molecule has 0 bridgehead atoms. The Morgan fingerprint density at radius 2 is 1.95 bits per heavy atom. The first-order valence-corrected chi connectivity index (χ1v) is 8.86. The second kappa shape index (κ2) is 5.97. The van der Waals surface area contributed by atoms with Gasteiger partial charge in [-0.25, -0.2) is 0 Å². The van der Waals surface area contributed by atoms with Gasteiger partial charge in [0, 0.05) is 9.75 Å². The first kappa shape index (κ1) is 13.6. The number of aliphatic hydroxyl groups is 1. The molecule has 1 N–H and O–H groups in total. The molecule has 0 aliphatic heterocycles. The van der Waals surface area contributed by atoms with Gasteiger partial charge in [0.05, 0.1) is 6.10 Å². The molecule has 2 saturated carbocycles. The van der Waals surface area contributed by atoms with Gasteiger partial charge in [-0.15, -0.1) is 11.3 Å². The van der Waals surface area contributed by atoms with Crippen molar-refractivity contribution in [1.82, 2.24) is 0 Å². The Balaban J connectivity index is 1.65. The highest BCUT2D eigenvalue weighted by molar-refractivity contribution is 7.12. The summed E-state index contributed by atoms with van der Waals surface area (Å²) >= 11 is 1.81. The van der Waals surface area contributed by atoms with Gasteiger partial charge < -0.3 is 5.11 Å². The van der Waals surface area contributed by atoms with Crippen LogP contribution in [0.5, 0.6) is 0 Å². The molecule has 0 spiro atoms. The van der Waals surface area contributed by atoms with Crippen LogP contribution in [0.25, 0.3) is 0 Å². The molecule has 1 nitrogen and oxygen atoms in total. The van der Waals surface area contributed by atoms with Crippen molar-refractivity contribution in [2.45, 2.75) is 64.4 Å².